The van der Waals surface area contributed by atoms with Crippen molar-refractivity contribution in [1.29, 1.82) is 0 Å². The Morgan fingerprint density at radius 1 is 1.38 bits per heavy atom. The lowest BCUT2D eigenvalue weighted by atomic mass is 10.0. The summed E-state index contributed by atoms with van der Waals surface area (Å²) < 4.78 is 13.8. The maximum atomic E-state index is 13.8. The van der Waals surface area contributed by atoms with Gasteiger partial charge in [0.05, 0.1) is 18.0 Å². The van der Waals surface area contributed by atoms with Gasteiger partial charge in [-0.15, -0.1) is 0 Å². The van der Waals surface area contributed by atoms with E-state index >= 15 is 0 Å². The average molecular weight is 291 g/mol. The molecule has 2 rings (SSSR count). The van der Waals surface area contributed by atoms with Crippen molar-refractivity contribution in [1.82, 2.24) is 15.5 Å². The molecular formula is C16H22FN3O. The van der Waals surface area contributed by atoms with E-state index in [1.165, 1.54) is 6.07 Å². The molecule has 0 aliphatic carbocycles. The topological polar surface area (TPSA) is 60.9 Å². The van der Waals surface area contributed by atoms with Gasteiger partial charge in [0, 0.05) is 24.2 Å². The van der Waals surface area contributed by atoms with Crippen LogP contribution in [-0.4, -0.2) is 28.0 Å². The molecule has 1 aromatic heterocycles. The van der Waals surface area contributed by atoms with Crippen molar-refractivity contribution in [3.63, 3.8) is 0 Å². The minimum absolute atomic E-state index is 0.257. The zero-order chi connectivity index (χ0) is 15.2. The first kappa shape index (κ1) is 15.7. The predicted octanol–water partition coefficient (Wildman–Crippen LogP) is 2.71. The normalized spacial score (nSPS) is 14.1. The molecule has 21 heavy (non-hydrogen) atoms. The molecule has 0 aliphatic rings. The smallest absolute Gasteiger partial charge is 0.132 e. The van der Waals surface area contributed by atoms with Crippen LogP contribution in [-0.2, 0) is 6.54 Å². The summed E-state index contributed by atoms with van der Waals surface area (Å²) in [5.74, 6) is -0.0180. The minimum atomic E-state index is -0.376. The molecule has 2 atom stereocenters. The van der Waals surface area contributed by atoms with Crippen molar-refractivity contribution in [3.8, 4) is 11.3 Å². The van der Waals surface area contributed by atoms with Gasteiger partial charge in [-0.1, -0.05) is 32.4 Å². The monoisotopic (exact) mass is 291 g/mol. The summed E-state index contributed by atoms with van der Waals surface area (Å²) >= 11 is 0. The molecule has 2 unspecified atom stereocenters. The lowest BCUT2D eigenvalue weighted by molar-refractivity contribution is 0.113. The highest BCUT2D eigenvalue weighted by atomic mass is 19.1. The number of H-pyrrole nitrogens is 1. The van der Waals surface area contributed by atoms with Crippen LogP contribution in [0.15, 0.2) is 30.5 Å². The van der Waals surface area contributed by atoms with Gasteiger partial charge in [-0.25, -0.2) is 4.39 Å². The summed E-state index contributed by atoms with van der Waals surface area (Å²) in [7, 11) is 0. The molecule has 2 aromatic rings. The van der Waals surface area contributed by atoms with Crippen molar-refractivity contribution < 1.29 is 9.50 Å². The zero-order valence-electron chi connectivity index (χ0n) is 12.4. The van der Waals surface area contributed by atoms with E-state index in [0.29, 0.717) is 24.3 Å². The number of hydrogen-bond donors (Lipinski definition) is 3. The lowest BCUT2D eigenvalue weighted by Gasteiger charge is -2.17. The van der Waals surface area contributed by atoms with Crippen molar-refractivity contribution in [2.45, 2.75) is 32.9 Å². The van der Waals surface area contributed by atoms with E-state index in [0.717, 1.165) is 12.0 Å². The Hall–Kier alpha value is -1.72. The van der Waals surface area contributed by atoms with E-state index in [9.17, 15) is 9.50 Å². The van der Waals surface area contributed by atoms with Crippen LogP contribution in [0.3, 0.4) is 0 Å². The van der Waals surface area contributed by atoms with Gasteiger partial charge in [-0.2, -0.15) is 5.10 Å². The van der Waals surface area contributed by atoms with Crippen LogP contribution < -0.4 is 5.32 Å². The van der Waals surface area contributed by atoms with Gasteiger partial charge in [-0.05, 0) is 18.1 Å². The number of aliphatic hydroxyl groups excluding tert-OH is 1. The molecule has 1 aromatic carbocycles. The van der Waals surface area contributed by atoms with Gasteiger partial charge in [0.1, 0.15) is 5.82 Å². The largest absolute Gasteiger partial charge is 0.392 e. The number of aromatic amines is 1. The molecule has 1 heterocycles. The van der Waals surface area contributed by atoms with Crippen molar-refractivity contribution >= 4 is 0 Å². The third kappa shape index (κ3) is 3.89. The summed E-state index contributed by atoms with van der Waals surface area (Å²) in [4.78, 5) is 0. The fourth-order valence-electron chi connectivity index (χ4n) is 2.17. The number of aliphatic hydroxyl groups is 1. The molecular weight excluding hydrogens is 269 g/mol. The van der Waals surface area contributed by atoms with Crippen LogP contribution in [0.2, 0.25) is 0 Å². The number of nitrogens with zero attached hydrogens (tertiary/aromatic N) is 1. The van der Waals surface area contributed by atoms with Crippen LogP contribution >= 0.6 is 0 Å². The lowest BCUT2D eigenvalue weighted by Crippen LogP contribution is -2.31. The van der Waals surface area contributed by atoms with Gasteiger partial charge in [0.15, 0.2) is 0 Å². The first-order chi connectivity index (χ1) is 10.1. The fraction of sp³-hybridized carbons (Fsp3) is 0.438. The highest BCUT2D eigenvalue weighted by Gasteiger charge is 2.14. The van der Waals surface area contributed by atoms with E-state index in [2.05, 4.69) is 22.4 Å². The molecule has 114 valence electrons. The third-order valence-electron chi connectivity index (χ3n) is 3.83. The number of rotatable bonds is 7. The number of halogens is 1. The molecule has 4 nitrogen and oxygen atoms in total. The van der Waals surface area contributed by atoms with Gasteiger partial charge >= 0.3 is 0 Å². The Kier molecular flexibility index (Phi) is 5.47. The molecule has 0 radical (unpaired) electrons. The maximum absolute atomic E-state index is 13.8. The Balaban J connectivity index is 2.00. The van der Waals surface area contributed by atoms with E-state index in [-0.39, 0.29) is 17.8 Å². The first-order valence-electron chi connectivity index (χ1n) is 7.29. The van der Waals surface area contributed by atoms with Crippen LogP contribution in [0.25, 0.3) is 11.3 Å². The second kappa shape index (κ2) is 7.33. The Morgan fingerprint density at radius 3 is 2.86 bits per heavy atom. The van der Waals surface area contributed by atoms with Gasteiger partial charge < -0.3 is 10.4 Å². The molecule has 5 heteroatoms. The SMILES string of the molecule is CCC(C)C(O)CNCc1cn[nH]c1-c1ccccc1F. The second-order valence-corrected chi connectivity index (χ2v) is 5.33. The molecule has 0 bridgehead atoms. The third-order valence-corrected chi connectivity index (χ3v) is 3.83. The summed E-state index contributed by atoms with van der Waals surface area (Å²) in [5.41, 5.74) is 2.07. The number of benzene rings is 1. The summed E-state index contributed by atoms with van der Waals surface area (Å²) in [5, 5.41) is 20.0. The Bertz CT molecular complexity index is 570. The highest BCUT2D eigenvalue weighted by Crippen LogP contribution is 2.23. The average Bonchev–Trinajstić information content (AvgIpc) is 2.95. The quantitative estimate of drug-likeness (QED) is 0.735. The molecule has 0 saturated carbocycles. The molecule has 0 amide bonds. The van der Waals surface area contributed by atoms with E-state index in [1.54, 1.807) is 24.4 Å². The van der Waals surface area contributed by atoms with Gasteiger partial charge in [0.2, 0.25) is 0 Å². The van der Waals surface area contributed by atoms with Gasteiger partial charge in [-0.3, -0.25) is 5.10 Å². The van der Waals surface area contributed by atoms with E-state index in [4.69, 9.17) is 0 Å². The molecule has 3 N–H and O–H groups in total. The summed E-state index contributed by atoms with van der Waals surface area (Å²) in [6, 6.07) is 6.61. The molecule has 0 saturated heterocycles. The number of aromatic nitrogens is 2. The molecule has 0 spiro atoms. The predicted molar refractivity (Wildman–Crippen MR) is 81.2 cm³/mol. The summed E-state index contributed by atoms with van der Waals surface area (Å²) in [6.45, 7) is 5.12. The van der Waals surface area contributed by atoms with Crippen LogP contribution in [0.4, 0.5) is 4.39 Å². The molecule has 0 aliphatic heterocycles. The van der Waals surface area contributed by atoms with Crippen molar-refractivity contribution in [2.24, 2.45) is 5.92 Å². The highest BCUT2D eigenvalue weighted by molar-refractivity contribution is 5.63. The number of hydrogen-bond acceptors (Lipinski definition) is 3. The fourth-order valence-corrected chi connectivity index (χ4v) is 2.17. The van der Waals surface area contributed by atoms with Crippen LogP contribution in [0.1, 0.15) is 25.8 Å². The van der Waals surface area contributed by atoms with Crippen molar-refractivity contribution in [2.75, 3.05) is 6.54 Å². The minimum Gasteiger partial charge on any atom is -0.392 e. The van der Waals surface area contributed by atoms with Crippen molar-refractivity contribution in [3.05, 3.63) is 41.8 Å². The van der Waals surface area contributed by atoms with Crippen LogP contribution in [0, 0.1) is 11.7 Å². The number of nitrogens with one attached hydrogen (secondary N) is 2. The van der Waals surface area contributed by atoms with Crippen LogP contribution in [0.5, 0.6) is 0 Å². The second-order valence-electron chi connectivity index (χ2n) is 5.33. The summed E-state index contributed by atoms with van der Waals surface area (Å²) in [6.07, 6.45) is 2.25. The Morgan fingerprint density at radius 2 is 2.14 bits per heavy atom. The maximum Gasteiger partial charge on any atom is 0.132 e. The Labute approximate surface area is 124 Å². The zero-order valence-corrected chi connectivity index (χ0v) is 12.4. The van der Waals surface area contributed by atoms with E-state index < -0.39 is 0 Å². The van der Waals surface area contributed by atoms with Gasteiger partial charge in [0.25, 0.3) is 0 Å². The van der Waals surface area contributed by atoms with E-state index in [1.807, 2.05) is 6.92 Å². The molecule has 0 fully saturated rings. The first-order valence-corrected chi connectivity index (χ1v) is 7.29. The standard InChI is InChI=1S/C16H22FN3O/c1-3-11(2)15(21)10-18-8-12-9-19-20-16(12)13-6-4-5-7-14(13)17/h4-7,9,11,15,18,21H,3,8,10H2,1-2H3,(H,19,20).